The van der Waals surface area contributed by atoms with Crippen molar-refractivity contribution < 1.29 is 9.47 Å². The molecule has 0 spiro atoms. The molecule has 1 aromatic rings. The number of benzene rings is 1. The van der Waals surface area contributed by atoms with Gasteiger partial charge in [0.25, 0.3) is 0 Å². The molecule has 1 unspecified atom stereocenters. The fraction of sp³-hybridized carbons (Fsp3) is 0.571. The van der Waals surface area contributed by atoms with E-state index in [9.17, 15) is 0 Å². The standard InChI is InChI=1S/C14H19NO2/c1-2-13(9-15-6-1)17-10-11-3-4-14-12(8-11)5-7-16-14/h3-4,8,13,15H,1-2,5-7,9-10H2. The number of hydrogen-bond donors (Lipinski definition) is 1. The number of nitrogens with one attached hydrogen (secondary N) is 1. The lowest BCUT2D eigenvalue weighted by Gasteiger charge is -2.23. The SMILES string of the molecule is c1cc2c(cc1COC1CCCNC1)CCO2. The van der Waals surface area contributed by atoms with Gasteiger partial charge in [0.15, 0.2) is 0 Å². The minimum atomic E-state index is 0.383. The van der Waals surface area contributed by atoms with E-state index in [-0.39, 0.29) is 0 Å². The van der Waals surface area contributed by atoms with Gasteiger partial charge in [-0.25, -0.2) is 0 Å². The Balaban J connectivity index is 1.57. The van der Waals surface area contributed by atoms with Crippen LogP contribution in [-0.4, -0.2) is 25.8 Å². The molecule has 2 aliphatic rings. The Morgan fingerprint density at radius 2 is 2.41 bits per heavy atom. The van der Waals surface area contributed by atoms with Gasteiger partial charge in [-0.2, -0.15) is 0 Å². The Kier molecular flexibility index (Phi) is 3.29. The monoisotopic (exact) mass is 233 g/mol. The van der Waals surface area contributed by atoms with Crippen LogP contribution in [0.2, 0.25) is 0 Å². The molecule has 3 rings (SSSR count). The minimum absolute atomic E-state index is 0.383. The molecule has 1 aromatic carbocycles. The van der Waals surface area contributed by atoms with Crippen molar-refractivity contribution in [2.24, 2.45) is 0 Å². The van der Waals surface area contributed by atoms with Crippen LogP contribution in [0.3, 0.4) is 0 Å². The number of ether oxygens (including phenoxy) is 2. The maximum Gasteiger partial charge on any atom is 0.122 e. The minimum Gasteiger partial charge on any atom is -0.493 e. The van der Waals surface area contributed by atoms with E-state index in [1.807, 2.05) is 0 Å². The summed E-state index contributed by atoms with van der Waals surface area (Å²) in [5, 5.41) is 3.37. The molecule has 1 N–H and O–H groups in total. The molecule has 0 saturated carbocycles. The van der Waals surface area contributed by atoms with Crippen molar-refractivity contribution in [3.63, 3.8) is 0 Å². The van der Waals surface area contributed by atoms with Gasteiger partial charge >= 0.3 is 0 Å². The molecule has 0 aromatic heterocycles. The molecule has 3 heteroatoms. The van der Waals surface area contributed by atoms with E-state index in [1.54, 1.807) is 0 Å². The smallest absolute Gasteiger partial charge is 0.122 e. The average Bonchev–Trinajstić information content (AvgIpc) is 2.85. The van der Waals surface area contributed by atoms with Crippen molar-refractivity contribution in [2.45, 2.75) is 32.0 Å². The Morgan fingerprint density at radius 1 is 1.41 bits per heavy atom. The van der Waals surface area contributed by atoms with Crippen molar-refractivity contribution in [1.82, 2.24) is 5.32 Å². The topological polar surface area (TPSA) is 30.5 Å². The maximum atomic E-state index is 5.93. The zero-order valence-corrected chi connectivity index (χ0v) is 10.1. The lowest BCUT2D eigenvalue weighted by Crippen LogP contribution is -2.35. The average molecular weight is 233 g/mol. The van der Waals surface area contributed by atoms with E-state index in [0.717, 1.165) is 38.5 Å². The molecule has 17 heavy (non-hydrogen) atoms. The first-order valence-corrected chi connectivity index (χ1v) is 6.49. The fourth-order valence-corrected chi connectivity index (χ4v) is 2.51. The first-order valence-electron chi connectivity index (χ1n) is 6.49. The summed E-state index contributed by atoms with van der Waals surface area (Å²) in [6.07, 6.45) is 3.83. The third-order valence-corrected chi connectivity index (χ3v) is 3.49. The van der Waals surface area contributed by atoms with Crippen molar-refractivity contribution in [1.29, 1.82) is 0 Å². The molecule has 92 valence electrons. The van der Waals surface area contributed by atoms with Gasteiger partial charge in [-0.1, -0.05) is 6.07 Å². The summed E-state index contributed by atoms with van der Waals surface area (Å²) in [4.78, 5) is 0. The predicted molar refractivity (Wildman–Crippen MR) is 66.3 cm³/mol. The Hall–Kier alpha value is -1.06. The molecule has 2 heterocycles. The maximum absolute atomic E-state index is 5.93. The molecular formula is C14H19NO2. The van der Waals surface area contributed by atoms with Crippen LogP contribution in [0.15, 0.2) is 18.2 Å². The quantitative estimate of drug-likeness (QED) is 0.865. The number of hydrogen-bond acceptors (Lipinski definition) is 3. The molecule has 1 saturated heterocycles. The summed E-state index contributed by atoms with van der Waals surface area (Å²) < 4.78 is 11.4. The first-order chi connectivity index (χ1) is 8.42. The Morgan fingerprint density at radius 3 is 3.29 bits per heavy atom. The molecule has 3 nitrogen and oxygen atoms in total. The van der Waals surface area contributed by atoms with Crippen LogP contribution in [0.25, 0.3) is 0 Å². The first kappa shape index (κ1) is 11.1. The van der Waals surface area contributed by atoms with E-state index in [1.165, 1.54) is 24.0 Å². The van der Waals surface area contributed by atoms with Gasteiger partial charge in [0, 0.05) is 13.0 Å². The molecule has 0 radical (unpaired) electrons. The highest BCUT2D eigenvalue weighted by atomic mass is 16.5. The van der Waals surface area contributed by atoms with Crippen LogP contribution in [0.1, 0.15) is 24.0 Å². The molecular weight excluding hydrogens is 214 g/mol. The Labute approximate surface area is 102 Å². The zero-order valence-electron chi connectivity index (χ0n) is 10.1. The third-order valence-electron chi connectivity index (χ3n) is 3.49. The zero-order chi connectivity index (χ0) is 11.5. The Bertz CT molecular complexity index is 386. The molecule has 0 amide bonds. The molecule has 2 aliphatic heterocycles. The molecule has 1 atom stereocenters. The molecule has 0 bridgehead atoms. The second-order valence-electron chi connectivity index (χ2n) is 4.82. The van der Waals surface area contributed by atoms with Gasteiger partial charge in [-0.3, -0.25) is 0 Å². The van der Waals surface area contributed by atoms with Crippen LogP contribution >= 0.6 is 0 Å². The lowest BCUT2D eigenvalue weighted by molar-refractivity contribution is 0.0253. The van der Waals surface area contributed by atoms with E-state index in [4.69, 9.17) is 9.47 Å². The number of rotatable bonds is 3. The van der Waals surface area contributed by atoms with Gasteiger partial charge < -0.3 is 14.8 Å². The molecule has 0 aliphatic carbocycles. The van der Waals surface area contributed by atoms with Crippen LogP contribution in [0.5, 0.6) is 5.75 Å². The highest BCUT2D eigenvalue weighted by molar-refractivity contribution is 5.39. The number of piperidine rings is 1. The fourth-order valence-electron chi connectivity index (χ4n) is 2.51. The van der Waals surface area contributed by atoms with Crippen LogP contribution in [0.4, 0.5) is 0 Å². The van der Waals surface area contributed by atoms with E-state index in [0.29, 0.717) is 6.10 Å². The third kappa shape index (κ3) is 2.61. The predicted octanol–water partition coefficient (Wildman–Crippen LogP) is 1.89. The van der Waals surface area contributed by atoms with Crippen molar-refractivity contribution in [3.8, 4) is 5.75 Å². The van der Waals surface area contributed by atoms with Crippen molar-refractivity contribution in [3.05, 3.63) is 29.3 Å². The highest BCUT2D eigenvalue weighted by Gasteiger charge is 2.15. The van der Waals surface area contributed by atoms with E-state index in [2.05, 4.69) is 23.5 Å². The van der Waals surface area contributed by atoms with E-state index >= 15 is 0 Å². The van der Waals surface area contributed by atoms with Gasteiger partial charge in [-0.05, 0) is 42.6 Å². The second kappa shape index (κ2) is 5.07. The lowest BCUT2D eigenvalue weighted by atomic mass is 10.1. The van der Waals surface area contributed by atoms with Crippen LogP contribution in [-0.2, 0) is 17.8 Å². The summed E-state index contributed by atoms with van der Waals surface area (Å²) in [7, 11) is 0. The normalized spacial score (nSPS) is 23.2. The molecule has 1 fully saturated rings. The largest absolute Gasteiger partial charge is 0.493 e. The van der Waals surface area contributed by atoms with Crippen molar-refractivity contribution >= 4 is 0 Å². The van der Waals surface area contributed by atoms with Crippen LogP contribution in [0, 0.1) is 0 Å². The van der Waals surface area contributed by atoms with Crippen LogP contribution < -0.4 is 10.1 Å². The summed E-state index contributed by atoms with van der Waals surface area (Å²) in [5.41, 5.74) is 2.59. The summed E-state index contributed by atoms with van der Waals surface area (Å²) >= 11 is 0. The van der Waals surface area contributed by atoms with Gasteiger partial charge in [0.1, 0.15) is 5.75 Å². The van der Waals surface area contributed by atoms with Gasteiger partial charge in [-0.15, -0.1) is 0 Å². The van der Waals surface area contributed by atoms with E-state index < -0.39 is 0 Å². The highest BCUT2D eigenvalue weighted by Crippen LogP contribution is 2.26. The number of fused-ring (bicyclic) bond motifs is 1. The summed E-state index contributed by atoms with van der Waals surface area (Å²) in [6.45, 7) is 3.68. The van der Waals surface area contributed by atoms with Gasteiger partial charge in [0.05, 0.1) is 19.3 Å². The van der Waals surface area contributed by atoms with Gasteiger partial charge in [0.2, 0.25) is 0 Å². The summed E-state index contributed by atoms with van der Waals surface area (Å²) in [5.74, 6) is 1.05. The second-order valence-corrected chi connectivity index (χ2v) is 4.82. The summed E-state index contributed by atoms with van der Waals surface area (Å²) in [6, 6.07) is 6.40. The van der Waals surface area contributed by atoms with Crippen molar-refractivity contribution in [2.75, 3.05) is 19.7 Å².